The van der Waals surface area contributed by atoms with Crippen LogP contribution in [0.25, 0.3) is 0 Å². The molecule has 0 radical (unpaired) electrons. The SMILES string of the molecule is Cc1ccc(O)c(CN(CC(C)C)C2CCCC2)c1. The minimum absolute atomic E-state index is 0.442. The molecule has 1 fully saturated rings. The zero-order chi connectivity index (χ0) is 13.8. The lowest BCUT2D eigenvalue weighted by Gasteiger charge is -2.30. The van der Waals surface area contributed by atoms with Crippen molar-refractivity contribution in [1.29, 1.82) is 0 Å². The van der Waals surface area contributed by atoms with E-state index in [9.17, 15) is 5.11 Å². The lowest BCUT2D eigenvalue weighted by Crippen LogP contribution is -2.35. The van der Waals surface area contributed by atoms with E-state index in [1.54, 1.807) is 0 Å². The maximum atomic E-state index is 10.0. The second-order valence-electron chi connectivity index (χ2n) is 6.39. The first kappa shape index (κ1) is 14.4. The Balaban J connectivity index is 2.12. The van der Waals surface area contributed by atoms with Crippen LogP contribution in [-0.4, -0.2) is 22.6 Å². The highest BCUT2D eigenvalue weighted by atomic mass is 16.3. The summed E-state index contributed by atoms with van der Waals surface area (Å²) in [5.74, 6) is 1.12. The van der Waals surface area contributed by atoms with Crippen molar-refractivity contribution in [3.63, 3.8) is 0 Å². The van der Waals surface area contributed by atoms with Gasteiger partial charge in [0.05, 0.1) is 0 Å². The molecule has 0 spiro atoms. The minimum Gasteiger partial charge on any atom is -0.508 e. The summed E-state index contributed by atoms with van der Waals surface area (Å²) in [5, 5.41) is 10.0. The van der Waals surface area contributed by atoms with E-state index in [0.717, 1.165) is 18.7 Å². The van der Waals surface area contributed by atoms with E-state index in [1.165, 1.54) is 31.2 Å². The molecule has 106 valence electrons. The van der Waals surface area contributed by atoms with Crippen LogP contribution in [-0.2, 0) is 6.54 Å². The summed E-state index contributed by atoms with van der Waals surface area (Å²) in [5.41, 5.74) is 2.30. The van der Waals surface area contributed by atoms with Crippen molar-refractivity contribution in [3.8, 4) is 5.75 Å². The molecule has 1 saturated carbocycles. The predicted molar refractivity (Wildman–Crippen MR) is 80.3 cm³/mol. The first-order valence-corrected chi connectivity index (χ1v) is 7.59. The zero-order valence-corrected chi connectivity index (χ0v) is 12.5. The molecule has 0 heterocycles. The van der Waals surface area contributed by atoms with Crippen molar-refractivity contribution in [2.45, 2.75) is 59.0 Å². The Kier molecular flexibility index (Phi) is 4.87. The number of aromatic hydroxyl groups is 1. The molecule has 0 atom stereocenters. The smallest absolute Gasteiger partial charge is 0.120 e. The number of phenolic OH excluding ortho intramolecular Hbond substituents is 1. The van der Waals surface area contributed by atoms with Gasteiger partial charge in [-0.1, -0.05) is 44.4 Å². The molecule has 1 aliphatic carbocycles. The van der Waals surface area contributed by atoms with Crippen LogP contribution in [0.5, 0.6) is 5.75 Å². The van der Waals surface area contributed by atoms with Gasteiger partial charge in [0.15, 0.2) is 0 Å². The summed E-state index contributed by atoms with van der Waals surface area (Å²) in [6.07, 6.45) is 5.36. The van der Waals surface area contributed by atoms with Gasteiger partial charge in [0.2, 0.25) is 0 Å². The van der Waals surface area contributed by atoms with Crippen molar-refractivity contribution < 1.29 is 5.11 Å². The van der Waals surface area contributed by atoms with Crippen LogP contribution < -0.4 is 0 Å². The number of rotatable bonds is 5. The van der Waals surface area contributed by atoms with Gasteiger partial charge in [-0.25, -0.2) is 0 Å². The van der Waals surface area contributed by atoms with Crippen molar-refractivity contribution in [3.05, 3.63) is 29.3 Å². The highest BCUT2D eigenvalue weighted by molar-refractivity contribution is 5.35. The normalized spacial score (nSPS) is 16.7. The molecule has 0 unspecified atom stereocenters. The molecule has 1 aromatic rings. The van der Waals surface area contributed by atoms with Gasteiger partial charge in [-0.15, -0.1) is 0 Å². The topological polar surface area (TPSA) is 23.5 Å². The zero-order valence-electron chi connectivity index (χ0n) is 12.5. The molecule has 1 aliphatic rings. The lowest BCUT2D eigenvalue weighted by molar-refractivity contribution is 0.167. The molecule has 1 N–H and O–H groups in total. The Bertz CT molecular complexity index is 408. The molecular formula is C17H27NO. The highest BCUT2D eigenvalue weighted by Crippen LogP contribution is 2.28. The third kappa shape index (κ3) is 3.97. The van der Waals surface area contributed by atoms with Crippen molar-refractivity contribution in [1.82, 2.24) is 4.90 Å². The quantitative estimate of drug-likeness (QED) is 0.862. The monoisotopic (exact) mass is 261 g/mol. The highest BCUT2D eigenvalue weighted by Gasteiger charge is 2.23. The number of hydrogen-bond acceptors (Lipinski definition) is 2. The van der Waals surface area contributed by atoms with E-state index in [0.29, 0.717) is 17.7 Å². The summed E-state index contributed by atoms with van der Waals surface area (Å²) >= 11 is 0. The molecule has 0 aromatic heterocycles. The largest absolute Gasteiger partial charge is 0.508 e. The van der Waals surface area contributed by atoms with Crippen LogP contribution >= 0.6 is 0 Å². The third-order valence-corrected chi connectivity index (χ3v) is 4.05. The molecule has 0 saturated heterocycles. The molecule has 2 rings (SSSR count). The summed E-state index contributed by atoms with van der Waals surface area (Å²) in [6, 6.07) is 6.63. The van der Waals surface area contributed by atoms with E-state index in [2.05, 4.69) is 31.7 Å². The van der Waals surface area contributed by atoms with Gasteiger partial charge in [0, 0.05) is 24.7 Å². The summed E-state index contributed by atoms with van der Waals surface area (Å²) < 4.78 is 0. The van der Waals surface area contributed by atoms with E-state index in [1.807, 2.05) is 12.1 Å². The Morgan fingerprint density at radius 1 is 1.26 bits per heavy atom. The second-order valence-corrected chi connectivity index (χ2v) is 6.39. The summed E-state index contributed by atoms with van der Waals surface area (Å²) in [7, 11) is 0. The van der Waals surface area contributed by atoms with E-state index in [-0.39, 0.29) is 0 Å². The van der Waals surface area contributed by atoms with Crippen molar-refractivity contribution in [2.75, 3.05) is 6.54 Å². The van der Waals surface area contributed by atoms with Gasteiger partial charge >= 0.3 is 0 Å². The van der Waals surface area contributed by atoms with Crippen LogP contribution in [0, 0.1) is 12.8 Å². The number of nitrogens with zero attached hydrogens (tertiary/aromatic N) is 1. The first-order valence-electron chi connectivity index (χ1n) is 7.59. The van der Waals surface area contributed by atoms with Gasteiger partial charge in [0.25, 0.3) is 0 Å². The number of hydrogen-bond donors (Lipinski definition) is 1. The van der Waals surface area contributed by atoms with Gasteiger partial charge in [-0.05, 0) is 31.7 Å². The lowest BCUT2D eigenvalue weighted by atomic mass is 10.1. The van der Waals surface area contributed by atoms with Crippen LogP contribution in [0.1, 0.15) is 50.7 Å². The predicted octanol–water partition coefficient (Wildman–Crippen LogP) is 4.10. The standard InChI is InChI=1S/C17H27NO/c1-13(2)11-18(16-6-4-5-7-16)12-15-10-14(3)8-9-17(15)19/h8-10,13,16,19H,4-7,11-12H2,1-3H3. The van der Waals surface area contributed by atoms with E-state index < -0.39 is 0 Å². The fraction of sp³-hybridized carbons (Fsp3) is 0.647. The summed E-state index contributed by atoms with van der Waals surface area (Å²) in [6.45, 7) is 8.65. The fourth-order valence-electron chi connectivity index (χ4n) is 3.14. The Morgan fingerprint density at radius 2 is 1.95 bits per heavy atom. The Morgan fingerprint density at radius 3 is 2.58 bits per heavy atom. The summed E-state index contributed by atoms with van der Waals surface area (Å²) in [4.78, 5) is 2.58. The molecule has 2 nitrogen and oxygen atoms in total. The number of benzene rings is 1. The van der Waals surface area contributed by atoms with Crippen LogP contribution in [0.15, 0.2) is 18.2 Å². The average Bonchev–Trinajstić information content (AvgIpc) is 2.86. The molecule has 2 heteroatoms. The maximum absolute atomic E-state index is 10.0. The number of aryl methyl sites for hydroxylation is 1. The fourth-order valence-corrected chi connectivity index (χ4v) is 3.14. The van der Waals surface area contributed by atoms with Gasteiger partial charge < -0.3 is 5.11 Å². The van der Waals surface area contributed by atoms with Gasteiger partial charge in [0.1, 0.15) is 5.75 Å². The van der Waals surface area contributed by atoms with Crippen molar-refractivity contribution in [2.24, 2.45) is 5.92 Å². The third-order valence-electron chi connectivity index (χ3n) is 4.05. The van der Waals surface area contributed by atoms with Gasteiger partial charge in [-0.3, -0.25) is 4.90 Å². The van der Waals surface area contributed by atoms with Crippen LogP contribution in [0.3, 0.4) is 0 Å². The molecule has 0 bridgehead atoms. The first-order chi connectivity index (χ1) is 9.06. The average molecular weight is 261 g/mol. The van der Waals surface area contributed by atoms with Crippen LogP contribution in [0.2, 0.25) is 0 Å². The number of phenols is 1. The van der Waals surface area contributed by atoms with Crippen molar-refractivity contribution >= 4 is 0 Å². The molecule has 1 aromatic carbocycles. The maximum Gasteiger partial charge on any atom is 0.120 e. The minimum atomic E-state index is 0.442. The van der Waals surface area contributed by atoms with Crippen LogP contribution in [0.4, 0.5) is 0 Å². The second kappa shape index (κ2) is 6.42. The molecule has 0 amide bonds. The molecular weight excluding hydrogens is 234 g/mol. The van der Waals surface area contributed by atoms with E-state index >= 15 is 0 Å². The van der Waals surface area contributed by atoms with Gasteiger partial charge in [-0.2, -0.15) is 0 Å². The molecule has 0 aliphatic heterocycles. The Labute approximate surface area is 117 Å². The molecule has 19 heavy (non-hydrogen) atoms. The Hall–Kier alpha value is -1.02. The van der Waals surface area contributed by atoms with E-state index in [4.69, 9.17) is 0 Å².